The highest BCUT2D eigenvalue weighted by Crippen LogP contribution is 2.51. The zero-order chi connectivity index (χ0) is 33.5. The van der Waals surface area contributed by atoms with Gasteiger partial charge in [0.25, 0.3) is 12.0 Å². The van der Waals surface area contributed by atoms with Crippen LogP contribution >= 0.6 is 23.1 Å². The number of benzene rings is 1. The summed E-state index contributed by atoms with van der Waals surface area (Å²) in [5.41, 5.74) is 0.802. The lowest BCUT2D eigenvalue weighted by molar-refractivity contribution is -0.729. The number of thiazole rings is 1. The Bertz CT molecular complexity index is 1850. The van der Waals surface area contributed by atoms with Gasteiger partial charge in [-0.25, -0.2) is 18.9 Å². The van der Waals surface area contributed by atoms with E-state index in [0.717, 1.165) is 9.86 Å². The summed E-state index contributed by atoms with van der Waals surface area (Å²) in [6.45, 7) is 3.54. The Balaban J connectivity index is 1.19. The maximum absolute atomic E-state index is 12.7. The minimum absolute atomic E-state index is 0.00258. The first-order chi connectivity index (χ1) is 21.7. The van der Waals surface area contributed by atoms with Crippen molar-refractivity contribution < 1.29 is 47.2 Å². The van der Waals surface area contributed by atoms with Crippen LogP contribution in [-0.4, -0.2) is 75.8 Å². The van der Waals surface area contributed by atoms with Gasteiger partial charge in [0.05, 0.1) is 34.4 Å². The van der Waals surface area contributed by atoms with Crippen molar-refractivity contribution in [3.05, 3.63) is 63.0 Å². The number of aliphatic hydroxyl groups excluding tert-OH is 1. The number of hydrogen-bond donors (Lipinski definition) is 4. The second-order valence-corrected chi connectivity index (χ2v) is 14.1. The fourth-order valence-corrected chi connectivity index (χ4v) is 8.78. The van der Waals surface area contributed by atoms with Crippen molar-refractivity contribution in [2.24, 2.45) is 11.8 Å². The lowest BCUT2D eigenvalue weighted by Crippen LogP contribution is -2.63. The van der Waals surface area contributed by atoms with Gasteiger partial charge in [-0.15, -0.1) is 0 Å². The highest BCUT2D eigenvalue weighted by atomic mass is 32.2. The van der Waals surface area contributed by atoms with E-state index >= 15 is 0 Å². The molecule has 16 nitrogen and oxygen atoms in total. The number of nitrogens with one attached hydrogen (secondary N) is 2. The fraction of sp³-hybridized carbons (Fsp3) is 0.407. The van der Waals surface area contributed by atoms with Gasteiger partial charge in [0.2, 0.25) is 15.8 Å². The molecule has 5 rings (SSSR count). The number of β-lactam (4-membered cyclic amide) rings is 1. The number of amides is 2. The number of ether oxygens (including phenoxy) is 1. The first-order valence-corrected chi connectivity index (χ1v) is 17.5. The molecule has 46 heavy (non-hydrogen) atoms. The van der Waals surface area contributed by atoms with Gasteiger partial charge in [0.15, 0.2) is 0 Å². The molecule has 4 heterocycles. The summed E-state index contributed by atoms with van der Waals surface area (Å²) in [6, 6.07) is 4.84. The molecular weight excluding hydrogens is 665 g/mol. The minimum Gasteiger partial charge on any atom is -0.477 e. The topological polar surface area (TPSA) is 214 Å². The summed E-state index contributed by atoms with van der Waals surface area (Å²) in [5.74, 6) is -2.54. The molecule has 2 aromatic heterocycles. The molecule has 1 saturated heterocycles. The number of carboxylic acids is 1. The van der Waals surface area contributed by atoms with Crippen molar-refractivity contribution in [2.45, 2.75) is 50.6 Å². The lowest BCUT2D eigenvalue weighted by Gasteiger charge is -2.46. The number of aliphatic hydroxyl groups is 1. The van der Waals surface area contributed by atoms with E-state index in [9.17, 15) is 43.1 Å². The summed E-state index contributed by atoms with van der Waals surface area (Å²) in [5, 5.41) is 31.7. The summed E-state index contributed by atoms with van der Waals surface area (Å²) in [6.07, 6.45) is 3.79. The van der Waals surface area contributed by atoms with Crippen LogP contribution in [0.2, 0.25) is 0 Å². The van der Waals surface area contributed by atoms with Crippen molar-refractivity contribution >= 4 is 67.4 Å². The highest BCUT2D eigenvalue weighted by Gasteiger charge is 2.60. The number of carbonyl (C=O) groups excluding carboxylic acids is 2. The molecule has 0 bridgehead atoms. The Morgan fingerprint density at radius 3 is 2.59 bits per heavy atom. The van der Waals surface area contributed by atoms with E-state index in [1.165, 1.54) is 59.2 Å². The number of carbonyl (C=O) groups is 3. The van der Waals surface area contributed by atoms with Gasteiger partial charge in [-0.2, -0.15) is 17.5 Å². The molecule has 19 heteroatoms. The maximum atomic E-state index is 12.7. The molecule has 1 aromatic carbocycles. The summed E-state index contributed by atoms with van der Waals surface area (Å²) >= 11 is 2.85. The SMILES string of the molecule is CSc1c2sc(C3=C(C(=O)O)N4C(=O)[C@H]([C@@H](C)O)[C@H]4[C@H]3C)cn2c[n+]1CCCNS(=O)(=O)NC(=O)OCc1ccc([N+](=O)[O-])cc1. The summed E-state index contributed by atoms with van der Waals surface area (Å²) in [7, 11) is -4.22. The van der Waals surface area contributed by atoms with Crippen molar-refractivity contribution in [1.29, 1.82) is 0 Å². The van der Waals surface area contributed by atoms with E-state index in [2.05, 4.69) is 4.72 Å². The molecule has 3 aromatic rings. The number of non-ortho nitro benzene ring substituents is 1. The third-order valence-corrected chi connectivity index (χ3v) is 10.9. The predicted molar refractivity (Wildman–Crippen MR) is 165 cm³/mol. The average molecular weight is 696 g/mol. The number of nitro benzene ring substituents is 1. The molecule has 4 atom stereocenters. The first kappa shape index (κ1) is 33.3. The summed E-state index contributed by atoms with van der Waals surface area (Å²) in [4.78, 5) is 49.9. The van der Waals surface area contributed by atoms with Gasteiger partial charge in [-0.1, -0.05) is 30.0 Å². The number of aliphatic carboxylic acids is 1. The van der Waals surface area contributed by atoms with Crippen molar-refractivity contribution in [1.82, 2.24) is 18.7 Å². The molecule has 2 amide bonds. The maximum Gasteiger partial charge on any atom is 0.422 e. The van der Waals surface area contributed by atoms with E-state index in [1.807, 2.05) is 34.7 Å². The normalized spacial score (nSPS) is 20.0. The van der Waals surface area contributed by atoms with Crippen LogP contribution in [0.15, 0.2) is 47.5 Å². The van der Waals surface area contributed by atoms with Crippen molar-refractivity contribution in [3.8, 4) is 0 Å². The number of nitro groups is 1. The molecular formula is C27H31N6O10S3+. The number of thioether (sulfide) groups is 1. The molecule has 0 spiro atoms. The van der Waals surface area contributed by atoms with Gasteiger partial charge >= 0.3 is 22.3 Å². The monoisotopic (exact) mass is 695 g/mol. The smallest absolute Gasteiger partial charge is 0.422 e. The fourth-order valence-electron chi connectivity index (χ4n) is 5.81. The molecule has 0 unspecified atom stereocenters. The largest absolute Gasteiger partial charge is 0.477 e. The second kappa shape index (κ2) is 13.0. The van der Waals surface area contributed by atoms with Crippen LogP contribution in [0.25, 0.3) is 10.4 Å². The highest BCUT2D eigenvalue weighted by molar-refractivity contribution is 7.98. The Hall–Kier alpha value is -4.04. The number of rotatable bonds is 13. The van der Waals surface area contributed by atoms with Crippen LogP contribution in [0, 0.1) is 22.0 Å². The van der Waals surface area contributed by atoms with E-state index in [1.54, 1.807) is 4.72 Å². The summed E-state index contributed by atoms with van der Waals surface area (Å²) < 4.78 is 37.3. The number of aryl methyl sites for hydroxylation is 1. The van der Waals surface area contributed by atoms with Gasteiger partial charge < -0.3 is 19.8 Å². The van der Waals surface area contributed by atoms with Crippen LogP contribution < -0.4 is 14.0 Å². The molecule has 0 radical (unpaired) electrons. The van der Waals surface area contributed by atoms with Crippen LogP contribution in [0.5, 0.6) is 0 Å². The molecule has 1 fully saturated rings. The Morgan fingerprint density at radius 2 is 1.98 bits per heavy atom. The lowest BCUT2D eigenvalue weighted by atomic mass is 9.77. The quantitative estimate of drug-likeness (QED) is 0.0505. The molecule has 4 N–H and O–H groups in total. The van der Waals surface area contributed by atoms with Gasteiger partial charge in [-0.3, -0.25) is 14.9 Å². The Kier molecular flexibility index (Phi) is 9.41. The van der Waals surface area contributed by atoms with Crippen LogP contribution in [0.1, 0.15) is 30.7 Å². The second-order valence-electron chi connectivity index (χ2n) is 10.8. The number of fused-ring (bicyclic) bond motifs is 2. The van der Waals surface area contributed by atoms with E-state index < -0.39 is 51.2 Å². The number of carboxylic acid groups (broad SMARTS) is 1. The van der Waals surface area contributed by atoms with Crippen LogP contribution in [0.4, 0.5) is 10.5 Å². The van der Waals surface area contributed by atoms with Crippen LogP contribution in [0.3, 0.4) is 0 Å². The van der Waals surface area contributed by atoms with Crippen molar-refractivity contribution in [2.75, 3.05) is 12.8 Å². The number of hydrogen-bond acceptors (Lipinski definition) is 11. The van der Waals surface area contributed by atoms with E-state index in [-0.39, 0.29) is 30.5 Å². The zero-order valence-electron chi connectivity index (χ0n) is 24.8. The molecule has 2 aliphatic rings. The van der Waals surface area contributed by atoms with Gasteiger partial charge in [-0.05, 0) is 37.3 Å². The zero-order valence-corrected chi connectivity index (χ0v) is 27.2. The molecule has 0 saturated carbocycles. The third kappa shape index (κ3) is 6.32. The van der Waals surface area contributed by atoms with E-state index in [4.69, 9.17) is 4.74 Å². The average Bonchev–Trinajstić information content (AvgIpc) is 3.61. The molecule has 2 aliphatic heterocycles. The van der Waals surface area contributed by atoms with Gasteiger partial charge in [0.1, 0.15) is 18.5 Å². The standard InChI is InChI=1S/C27H30N6O10S3/c1-14-19(22(26(36)37)32-21(14)20(15(2)34)23(32)35)18-11-31-13-30(24(44-3)25(31)45-18)10-4-9-28-46(41,42)29-27(38)43-12-16-5-7-17(8-6-16)33(39)40/h5-8,11,13-15,20-21,28,34H,4,9-10,12H2,1-3H3,(H-,29,36,37,38)/p+1/t14-,15+,20+,21+/m0/s1. The number of nitrogens with zero attached hydrogens (tertiary/aromatic N) is 4. The first-order valence-electron chi connectivity index (χ1n) is 14.0. The van der Waals surface area contributed by atoms with Crippen LogP contribution in [-0.2, 0) is 37.7 Å². The predicted octanol–water partition coefficient (Wildman–Crippen LogP) is 1.72. The number of imidazole rings is 1. The molecule has 246 valence electrons. The Labute approximate surface area is 271 Å². The number of aromatic nitrogens is 2. The Morgan fingerprint density at radius 1 is 1.28 bits per heavy atom. The van der Waals surface area contributed by atoms with Crippen molar-refractivity contribution in [3.63, 3.8) is 0 Å². The van der Waals surface area contributed by atoms with E-state index in [0.29, 0.717) is 29.0 Å². The third-order valence-electron chi connectivity index (χ3n) is 7.84. The minimum atomic E-state index is -4.22. The molecule has 0 aliphatic carbocycles. The van der Waals surface area contributed by atoms with Gasteiger partial charge in [0, 0.05) is 30.2 Å².